The maximum Gasteiger partial charge on any atom is 0.408 e. The van der Waals surface area contributed by atoms with Crippen LogP contribution in [0.4, 0.5) is 10.5 Å². The normalized spacial score (nSPS) is 25.9. The van der Waals surface area contributed by atoms with Gasteiger partial charge in [0.15, 0.2) is 0 Å². The topological polar surface area (TPSA) is 163 Å². The van der Waals surface area contributed by atoms with E-state index in [4.69, 9.17) is 19.4 Å². The Morgan fingerprint density at radius 2 is 1.80 bits per heavy atom. The molecule has 0 bridgehead atoms. The third kappa shape index (κ3) is 8.21. The highest BCUT2D eigenvalue weighted by Crippen LogP contribution is 2.47. The lowest BCUT2D eigenvalue weighted by Crippen LogP contribution is -2.56. The number of amides is 3. The van der Waals surface area contributed by atoms with Crippen molar-refractivity contribution in [3.8, 4) is 16.5 Å². The fourth-order valence-corrected chi connectivity index (χ4v) is 7.83. The van der Waals surface area contributed by atoms with Crippen LogP contribution in [-0.2, 0) is 19.1 Å². The zero-order valence-electron chi connectivity index (χ0n) is 29.9. The van der Waals surface area contributed by atoms with E-state index in [1.807, 2.05) is 54.7 Å². The van der Waals surface area contributed by atoms with Gasteiger partial charge in [-0.15, -0.1) is 11.3 Å². The van der Waals surface area contributed by atoms with Gasteiger partial charge in [-0.2, -0.15) is 0 Å². The molecule has 3 aromatic rings. The van der Waals surface area contributed by atoms with Crippen molar-refractivity contribution in [2.75, 3.05) is 25.5 Å². The maximum atomic E-state index is 14.4. The van der Waals surface area contributed by atoms with Crippen LogP contribution in [0.25, 0.3) is 21.6 Å². The molecule has 3 N–H and O–H groups in total. The summed E-state index contributed by atoms with van der Waals surface area (Å²) < 4.78 is 12.1. The number of benzene rings is 1. The number of anilines is 1. The number of nitrogens with one attached hydrogen (secondary N) is 2. The Morgan fingerprint density at radius 1 is 1.06 bits per heavy atom. The average molecular weight is 721 g/mol. The summed E-state index contributed by atoms with van der Waals surface area (Å²) in [5, 5.41) is 17.8. The molecule has 13 nitrogen and oxygen atoms in total. The third-order valence-electron chi connectivity index (χ3n) is 9.88. The van der Waals surface area contributed by atoms with Gasteiger partial charge in [0.25, 0.3) is 0 Å². The second-order valence-electron chi connectivity index (χ2n) is 15.1. The maximum absolute atomic E-state index is 14.4. The highest BCUT2D eigenvalue weighted by Gasteiger charge is 2.62. The Labute approximate surface area is 302 Å². The van der Waals surface area contributed by atoms with Crippen LogP contribution < -0.4 is 20.3 Å². The number of carboxylic acid groups (broad SMARTS) is 1. The van der Waals surface area contributed by atoms with Gasteiger partial charge in [-0.3, -0.25) is 9.59 Å². The van der Waals surface area contributed by atoms with Crippen LogP contribution in [0.5, 0.6) is 5.88 Å². The summed E-state index contributed by atoms with van der Waals surface area (Å²) in [7, 11) is 3.91. The number of thiophene rings is 1. The van der Waals surface area contributed by atoms with Gasteiger partial charge >= 0.3 is 12.1 Å². The molecule has 51 heavy (non-hydrogen) atoms. The predicted octanol–water partition coefficient (Wildman–Crippen LogP) is 5.37. The molecular formula is C37H48N6O7S. The van der Waals surface area contributed by atoms with Crippen molar-refractivity contribution in [1.82, 2.24) is 25.5 Å². The summed E-state index contributed by atoms with van der Waals surface area (Å²) >= 11 is 1.49. The number of carbonyl (C=O) groups is 4. The number of aromatic nitrogens is 2. The smallest absolute Gasteiger partial charge is 0.408 e. The van der Waals surface area contributed by atoms with E-state index in [9.17, 15) is 24.3 Å². The average Bonchev–Trinajstić information content (AvgIpc) is 3.37. The van der Waals surface area contributed by atoms with Crippen molar-refractivity contribution < 1.29 is 33.8 Å². The van der Waals surface area contributed by atoms with Gasteiger partial charge in [0, 0.05) is 26.2 Å². The van der Waals surface area contributed by atoms with Gasteiger partial charge in [-0.1, -0.05) is 38.2 Å². The number of hydrogen-bond acceptors (Lipinski definition) is 10. The van der Waals surface area contributed by atoms with Crippen LogP contribution >= 0.6 is 11.3 Å². The van der Waals surface area contributed by atoms with E-state index >= 15 is 0 Å². The van der Waals surface area contributed by atoms with E-state index in [0.717, 1.165) is 36.2 Å². The van der Waals surface area contributed by atoms with Crippen LogP contribution in [0.15, 0.2) is 35.7 Å². The molecule has 2 unspecified atom stereocenters. The first-order chi connectivity index (χ1) is 24.2. The van der Waals surface area contributed by atoms with Crippen molar-refractivity contribution in [3.63, 3.8) is 0 Å². The van der Waals surface area contributed by atoms with E-state index in [1.54, 1.807) is 20.8 Å². The minimum atomic E-state index is -1.36. The number of ether oxygens (including phenoxy) is 2. The fourth-order valence-electron chi connectivity index (χ4n) is 7.12. The molecule has 3 fully saturated rings. The number of carboxylic acids is 1. The number of alkyl carbamates (subject to hydrolysis) is 1. The summed E-state index contributed by atoms with van der Waals surface area (Å²) in [5.74, 6) is -1.96. The minimum absolute atomic E-state index is 0.0239. The van der Waals surface area contributed by atoms with Crippen LogP contribution in [0, 0.1) is 5.92 Å². The Morgan fingerprint density at radius 3 is 2.49 bits per heavy atom. The molecule has 3 amide bonds. The van der Waals surface area contributed by atoms with Crippen LogP contribution in [0.3, 0.4) is 0 Å². The first kappa shape index (κ1) is 36.3. The van der Waals surface area contributed by atoms with E-state index in [-0.39, 0.29) is 24.8 Å². The Kier molecular flexibility index (Phi) is 10.4. The standard InChI is InChI=1S/C37H48N6O7S/c1-36(2,3)50-35(48)40-26-13-10-8-6-7-9-12-22-20-37(22,34(46)47)41-31(44)28-19-24(21-43(28)33(26)45)49-32-30(29-14-11-17-51-29)38-27-18-23(42(4)5)15-16-25(27)39-32/h11,14-18,22,24,26,28H,6-10,12-13,19-21H2,1-5H3,(H,40,48)(H,41,44)(H,46,47)/t22?,24-,26+,28+,37?/m1/s1. The molecule has 0 spiro atoms. The lowest BCUT2D eigenvalue weighted by Gasteiger charge is -2.30. The summed E-state index contributed by atoms with van der Waals surface area (Å²) in [6.07, 6.45) is 4.36. The third-order valence-corrected chi connectivity index (χ3v) is 10.8. The summed E-state index contributed by atoms with van der Waals surface area (Å²) in [6.45, 7) is 5.27. The predicted molar refractivity (Wildman–Crippen MR) is 194 cm³/mol. The number of aliphatic carboxylic acids is 1. The zero-order valence-corrected chi connectivity index (χ0v) is 30.8. The van der Waals surface area contributed by atoms with Crippen LogP contribution in [0.2, 0.25) is 0 Å². The van der Waals surface area contributed by atoms with Gasteiger partial charge in [-0.05, 0) is 75.6 Å². The minimum Gasteiger partial charge on any atom is -0.479 e. The van der Waals surface area contributed by atoms with Gasteiger partial charge < -0.3 is 35.0 Å². The monoisotopic (exact) mass is 720 g/mol. The molecule has 5 atom stereocenters. The molecule has 1 aliphatic carbocycles. The lowest BCUT2D eigenvalue weighted by atomic mass is 10.0. The molecule has 2 aliphatic heterocycles. The quantitative estimate of drug-likeness (QED) is 0.302. The van der Waals surface area contributed by atoms with Crippen LogP contribution in [0.1, 0.15) is 78.6 Å². The Bertz CT molecular complexity index is 1780. The number of fused-ring (bicyclic) bond motifs is 3. The Hall–Kier alpha value is -4.46. The molecule has 1 saturated carbocycles. The van der Waals surface area contributed by atoms with E-state index in [0.29, 0.717) is 42.4 Å². The number of rotatable bonds is 6. The summed E-state index contributed by atoms with van der Waals surface area (Å²) in [4.78, 5) is 68.0. The summed E-state index contributed by atoms with van der Waals surface area (Å²) in [5.41, 5.74) is 0.703. The first-order valence-electron chi connectivity index (χ1n) is 17.8. The Balaban J connectivity index is 1.33. The SMILES string of the molecule is CN(C)c1ccc2nc(O[C@@H]3C[C@H]4C(=O)NC5(C(=O)O)CC5CCCCCCC[C@H](NC(=O)OC(C)(C)C)C(=O)N4C3)c(-c3cccs3)nc2c1. The van der Waals surface area contributed by atoms with E-state index < -0.39 is 53.2 Å². The number of carbonyl (C=O) groups excluding carboxylic acids is 3. The number of hydrogen-bond donors (Lipinski definition) is 3. The fraction of sp³-hybridized carbons (Fsp3) is 0.568. The molecule has 274 valence electrons. The molecule has 0 radical (unpaired) electrons. The molecular weight excluding hydrogens is 673 g/mol. The van der Waals surface area contributed by atoms with Crippen LogP contribution in [-0.4, -0.2) is 93.8 Å². The first-order valence-corrected chi connectivity index (χ1v) is 18.7. The molecule has 2 saturated heterocycles. The van der Waals surface area contributed by atoms with E-state index in [1.165, 1.54) is 16.2 Å². The molecule has 3 aliphatic rings. The second-order valence-corrected chi connectivity index (χ2v) is 16.1. The van der Waals surface area contributed by atoms with Crippen molar-refractivity contribution in [3.05, 3.63) is 35.7 Å². The second kappa shape index (κ2) is 14.6. The highest BCUT2D eigenvalue weighted by atomic mass is 32.1. The largest absolute Gasteiger partial charge is 0.479 e. The van der Waals surface area contributed by atoms with Gasteiger partial charge in [0.1, 0.15) is 35.0 Å². The van der Waals surface area contributed by atoms with Crippen molar-refractivity contribution in [2.24, 2.45) is 5.92 Å². The van der Waals surface area contributed by atoms with Gasteiger partial charge in [0.05, 0.1) is 22.5 Å². The van der Waals surface area contributed by atoms with Crippen molar-refractivity contribution in [2.45, 2.75) is 108 Å². The molecule has 1 aromatic carbocycles. The van der Waals surface area contributed by atoms with Crippen molar-refractivity contribution >= 4 is 51.9 Å². The van der Waals surface area contributed by atoms with Gasteiger partial charge in [0.2, 0.25) is 17.7 Å². The summed E-state index contributed by atoms with van der Waals surface area (Å²) in [6, 6.07) is 7.65. The number of nitrogens with zero attached hydrogens (tertiary/aromatic N) is 4. The lowest BCUT2D eigenvalue weighted by molar-refractivity contribution is -0.146. The van der Waals surface area contributed by atoms with Gasteiger partial charge in [-0.25, -0.2) is 19.6 Å². The van der Waals surface area contributed by atoms with E-state index in [2.05, 4.69) is 10.6 Å². The highest BCUT2D eigenvalue weighted by molar-refractivity contribution is 7.13. The molecule has 6 rings (SSSR count). The molecule has 4 heterocycles. The zero-order chi connectivity index (χ0) is 36.5. The molecule has 14 heteroatoms. The van der Waals surface area contributed by atoms with Crippen molar-refractivity contribution in [1.29, 1.82) is 0 Å². The molecule has 2 aromatic heterocycles.